The van der Waals surface area contributed by atoms with E-state index in [0.717, 1.165) is 19.3 Å². The van der Waals surface area contributed by atoms with Crippen LogP contribution in [0.1, 0.15) is 65.5 Å². The van der Waals surface area contributed by atoms with Gasteiger partial charge in [-0.2, -0.15) is 13.2 Å². The molecule has 1 aliphatic rings. The van der Waals surface area contributed by atoms with E-state index >= 15 is 0 Å². The van der Waals surface area contributed by atoms with E-state index in [2.05, 4.69) is 10.5 Å². The molecule has 11 heteroatoms. The summed E-state index contributed by atoms with van der Waals surface area (Å²) in [7, 11) is -3.75. The number of aromatic nitrogens is 1. The molecule has 1 atom stereocenters. The fourth-order valence-corrected chi connectivity index (χ4v) is 4.41. The largest absolute Gasteiger partial charge is 0.389 e. The van der Waals surface area contributed by atoms with Gasteiger partial charge in [0.25, 0.3) is 0 Å². The summed E-state index contributed by atoms with van der Waals surface area (Å²) >= 11 is 0. The molecule has 0 bridgehead atoms. The molecule has 0 spiro atoms. The minimum atomic E-state index is -4.37. The van der Waals surface area contributed by atoms with Crippen molar-refractivity contribution in [3.05, 3.63) is 11.8 Å². The van der Waals surface area contributed by atoms with Crippen molar-refractivity contribution in [2.45, 2.75) is 82.4 Å². The number of rotatable bonds is 11. The number of nitrogens with one attached hydrogen (secondary N) is 1. The van der Waals surface area contributed by atoms with Crippen molar-refractivity contribution in [1.82, 2.24) is 5.16 Å². The van der Waals surface area contributed by atoms with Gasteiger partial charge in [0.1, 0.15) is 0 Å². The van der Waals surface area contributed by atoms with Gasteiger partial charge in [0, 0.05) is 31.1 Å². The van der Waals surface area contributed by atoms with Crippen molar-refractivity contribution in [2.75, 3.05) is 30.8 Å². The number of anilines is 1. The average molecular weight is 471 g/mol. The number of hydrogen-bond acceptors (Lipinski definition) is 7. The topological polar surface area (TPSA) is 90.7 Å². The van der Waals surface area contributed by atoms with Gasteiger partial charge in [0.2, 0.25) is 5.88 Å². The molecule has 0 saturated carbocycles. The summed E-state index contributed by atoms with van der Waals surface area (Å²) in [5, 5.41) is 6.96. The molecule has 0 aliphatic carbocycles. The van der Waals surface area contributed by atoms with Crippen LogP contribution in [0.3, 0.4) is 0 Å². The summed E-state index contributed by atoms with van der Waals surface area (Å²) in [4.78, 5) is 0. The molecule has 2 rings (SSSR count). The zero-order valence-electron chi connectivity index (χ0n) is 18.5. The second kappa shape index (κ2) is 10.1. The molecule has 1 fully saturated rings. The van der Waals surface area contributed by atoms with Crippen molar-refractivity contribution in [3.8, 4) is 0 Å². The van der Waals surface area contributed by atoms with Crippen LogP contribution in [0.15, 0.2) is 10.6 Å². The van der Waals surface area contributed by atoms with E-state index in [4.69, 9.17) is 14.0 Å². The summed E-state index contributed by atoms with van der Waals surface area (Å²) in [5.41, 5.74) is 0.181. The van der Waals surface area contributed by atoms with E-state index in [1.807, 2.05) is 13.8 Å². The first kappa shape index (κ1) is 25.9. The van der Waals surface area contributed by atoms with Crippen LogP contribution in [0, 0.1) is 0 Å². The van der Waals surface area contributed by atoms with Gasteiger partial charge >= 0.3 is 6.18 Å². The number of sulfone groups is 1. The quantitative estimate of drug-likeness (QED) is 0.511. The fraction of sp³-hybridized carbons (Fsp3) is 0.850. The second-order valence-electron chi connectivity index (χ2n) is 9.22. The summed E-state index contributed by atoms with van der Waals surface area (Å²) in [6.45, 7) is 7.90. The van der Waals surface area contributed by atoms with Crippen LogP contribution in [-0.4, -0.2) is 56.3 Å². The molecule has 1 aliphatic heterocycles. The zero-order chi connectivity index (χ0) is 23.3. The van der Waals surface area contributed by atoms with E-state index in [1.165, 1.54) is 13.8 Å². The molecule has 2 heterocycles. The van der Waals surface area contributed by atoms with E-state index < -0.39 is 44.8 Å². The lowest BCUT2D eigenvalue weighted by Crippen LogP contribution is -2.40. The molecule has 7 nitrogen and oxygen atoms in total. The molecule has 1 N–H and O–H groups in total. The Morgan fingerprint density at radius 1 is 1.23 bits per heavy atom. The van der Waals surface area contributed by atoms with Gasteiger partial charge in [-0.3, -0.25) is 0 Å². The molecule has 1 saturated heterocycles. The van der Waals surface area contributed by atoms with Gasteiger partial charge in [-0.1, -0.05) is 19.0 Å². The number of ether oxygens (including phenoxy) is 2. The SMILES string of the molecule is CC(C)(CO[C@H]1CCCCO1)c1cc(NCC(C)(C)S(=O)(=O)CCCC(F)(F)F)on1. The minimum absolute atomic E-state index is 0.0250. The molecule has 1 aromatic rings. The molecule has 0 radical (unpaired) electrons. The third-order valence-electron chi connectivity index (χ3n) is 5.38. The summed E-state index contributed by atoms with van der Waals surface area (Å²) in [6.07, 6.45) is -3.21. The van der Waals surface area contributed by atoms with Gasteiger partial charge < -0.3 is 19.3 Å². The molecule has 1 aromatic heterocycles. The summed E-state index contributed by atoms with van der Waals surface area (Å²) in [6, 6.07) is 1.68. The highest BCUT2D eigenvalue weighted by atomic mass is 32.2. The molecule has 0 aromatic carbocycles. The third kappa shape index (κ3) is 7.94. The number of hydrogen-bond donors (Lipinski definition) is 1. The smallest absolute Gasteiger partial charge is 0.353 e. The second-order valence-corrected chi connectivity index (χ2v) is 12.0. The number of alkyl halides is 3. The predicted molar refractivity (Wildman–Crippen MR) is 111 cm³/mol. The van der Waals surface area contributed by atoms with Gasteiger partial charge in [-0.25, -0.2) is 8.42 Å². The van der Waals surface area contributed by atoms with Crippen molar-refractivity contribution in [2.24, 2.45) is 0 Å². The summed E-state index contributed by atoms with van der Waals surface area (Å²) < 4.78 is 77.3. The fourth-order valence-electron chi connectivity index (χ4n) is 3.04. The lowest BCUT2D eigenvalue weighted by atomic mass is 9.90. The van der Waals surface area contributed by atoms with Gasteiger partial charge in [0.05, 0.1) is 22.8 Å². The standard InChI is InChI=1S/C20H33F3N2O5S/c1-18(2,14-29-17-8-5-6-10-28-17)15-12-16(30-25-15)24-13-19(3,4)31(26,27)11-7-9-20(21,22)23/h12,17,24H,5-11,13-14H2,1-4H3/t17-/m0/s1. The Labute approximate surface area is 181 Å². The van der Waals surface area contributed by atoms with E-state index in [9.17, 15) is 21.6 Å². The molecule has 31 heavy (non-hydrogen) atoms. The Hall–Kier alpha value is -1.33. The molecule has 180 valence electrons. The van der Waals surface area contributed by atoms with Crippen molar-refractivity contribution < 1.29 is 35.6 Å². The Morgan fingerprint density at radius 2 is 1.94 bits per heavy atom. The van der Waals surface area contributed by atoms with Gasteiger partial charge in [-0.15, -0.1) is 0 Å². The molecule has 0 amide bonds. The molecule has 0 unspecified atom stereocenters. The van der Waals surface area contributed by atoms with Crippen molar-refractivity contribution in [3.63, 3.8) is 0 Å². The third-order valence-corrected chi connectivity index (χ3v) is 8.03. The first-order valence-corrected chi connectivity index (χ1v) is 12.1. The van der Waals surface area contributed by atoms with Crippen LogP contribution in [0.2, 0.25) is 0 Å². The lowest BCUT2D eigenvalue weighted by Gasteiger charge is -2.28. The van der Waals surface area contributed by atoms with Gasteiger partial charge in [-0.05, 0) is 39.5 Å². The Morgan fingerprint density at radius 3 is 2.55 bits per heavy atom. The first-order chi connectivity index (χ1) is 14.2. The van der Waals surface area contributed by atoms with Crippen LogP contribution in [0.25, 0.3) is 0 Å². The normalized spacial score (nSPS) is 18.9. The monoisotopic (exact) mass is 470 g/mol. The summed E-state index contributed by atoms with van der Waals surface area (Å²) in [5.74, 6) is -0.244. The first-order valence-electron chi connectivity index (χ1n) is 10.5. The maximum absolute atomic E-state index is 12.5. The van der Waals surface area contributed by atoms with Crippen molar-refractivity contribution >= 4 is 15.7 Å². The van der Waals surface area contributed by atoms with E-state index in [0.29, 0.717) is 18.9 Å². The van der Waals surface area contributed by atoms with Crippen LogP contribution < -0.4 is 5.32 Å². The van der Waals surface area contributed by atoms with Crippen LogP contribution >= 0.6 is 0 Å². The maximum atomic E-state index is 12.5. The van der Waals surface area contributed by atoms with Gasteiger partial charge in [0.15, 0.2) is 16.1 Å². The Kier molecular flexibility index (Phi) is 8.43. The maximum Gasteiger partial charge on any atom is 0.389 e. The highest BCUT2D eigenvalue weighted by Gasteiger charge is 2.36. The van der Waals surface area contributed by atoms with E-state index in [-0.39, 0.29) is 18.7 Å². The highest BCUT2D eigenvalue weighted by Crippen LogP contribution is 2.28. The zero-order valence-corrected chi connectivity index (χ0v) is 19.4. The number of nitrogens with zero attached hydrogens (tertiary/aromatic N) is 1. The van der Waals surface area contributed by atoms with Crippen LogP contribution in [-0.2, 0) is 24.7 Å². The average Bonchev–Trinajstić information content (AvgIpc) is 3.14. The van der Waals surface area contributed by atoms with E-state index in [1.54, 1.807) is 6.07 Å². The Bertz CT molecular complexity index is 800. The minimum Gasteiger partial charge on any atom is -0.353 e. The predicted octanol–water partition coefficient (Wildman–Crippen LogP) is 4.44. The lowest BCUT2D eigenvalue weighted by molar-refractivity contribution is -0.170. The number of halogens is 3. The van der Waals surface area contributed by atoms with Crippen LogP contribution in [0.5, 0.6) is 0 Å². The molecular formula is C20H33F3N2O5S. The molecular weight excluding hydrogens is 437 g/mol. The van der Waals surface area contributed by atoms with Crippen molar-refractivity contribution in [1.29, 1.82) is 0 Å². The highest BCUT2D eigenvalue weighted by molar-refractivity contribution is 7.92. The van der Waals surface area contributed by atoms with Crippen LogP contribution in [0.4, 0.5) is 19.1 Å². The Balaban J connectivity index is 1.89.